The summed E-state index contributed by atoms with van der Waals surface area (Å²) < 4.78 is 5.37. The van der Waals surface area contributed by atoms with Gasteiger partial charge in [0.15, 0.2) is 0 Å². The molecular weight excluding hydrogens is 160 g/mol. The van der Waals surface area contributed by atoms with Gasteiger partial charge in [0.2, 0.25) is 0 Å². The lowest BCUT2D eigenvalue weighted by Gasteiger charge is -2.36. The number of rotatable bonds is 1. The Morgan fingerprint density at radius 3 is 1.92 bits per heavy atom. The SMILES string of the molecule is CC(C)(C)C1CCC(C2CO2)CC1. The summed E-state index contributed by atoms with van der Waals surface area (Å²) in [5, 5.41) is 0. The Kier molecular flexibility index (Phi) is 2.39. The van der Waals surface area contributed by atoms with E-state index in [0.717, 1.165) is 18.4 Å². The van der Waals surface area contributed by atoms with Crippen molar-refractivity contribution in [3.63, 3.8) is 0 Å². The van der Waals surface area contributed by atoms with Crippen molar-refractivity contribution in [3.8, 4) is 0 Å². The highest BCUT2D eigenvalue weighted by molar-refractivity contribution is 4.86. The molecule has 1 atom stereocenters. The van der Waals surface area contributed by atoms with Crippen molar-refractivity contribution in [2.45, 2.75) is 52.6 Å². The van der Waals surface area contributed by atoms with E-state index in [0.29, 0.717) is 11.5 Å². The van der Waals surface area contributed by atoms with E-state index in [-0.39, 0.29) is 0 Å². The number of ether oxygens (including phenoxy) is 1. The van der Waals surface area contributed by atoms with E-state index >= 15 is 0 Å². The topological polar surface area (TPSA) is 12.5 Å². The molecule has 1 saturated carbocycles. The zero-order valence-electron chi connectivity index (χ0n) is 9.18. The van der Waals surface area contributed by atoms with Gasteiger partial charge in [0.05, 0.1) is 12.7 Å². The van der Waals surface area contributed by atoms with Crippen molar-refractivity contribution in [2.24, 2.45) is 17.3 Å². The molecule has 1 heterocycles. The second-order valence-electron chi connectivity index (χ2n) is 5.85. The zero-order valence-corrected chi connectivity index (χ0v) is 9.18. The minimum Gasteiger partial charge on any atom is -0.373 e. The largest absolute Gasteiger partial charge is 0.373 e. The van der Waals surface area contributed by atoms with Gasteiger partial charge in [-0.05, 0) is 42.9 Å². The fourth-order valence-electron chi connectivity index (χ4n) is 2.68. The molecule has 0 bridgehead atoms. The standard InChI is InChI=1S/C12H22O/c1-12(2,3)10-6-4-9(5-7-10)11-8-13-11/h9-11H,4-8H2,1-3H3. The van der Waals surface area contributed by atoms with Crippen LogP contribution in [0, 0.1) is 17.3 Å². The molecule has 1 aliphatic carbocycles. The quantitative estimate of drug-likeness (QED) is 0.567. The molecule has 0 radical (unpaired) electrons. The van der Waals surface area contributed by atoms with E-state index in [1.807, 2.05) is 0 Å². The molecule has 0 aromatic carbocycles. The second-order valence-corrected chi connectivity index (χ2v) is 5.85. The Hall–Kier alpha value is -0.0400. The third-order valence-corrected chi connectivity index (χ3v) is 3.88. The summed E-state index contributed by atoms with van der Waals surface area (Å²) in [7, 11) is 0. The highest BCUT2D eigenvalue weighted by Gasteiger charge is 2.37. The molecule has 76 valence electrons. The molecule has 2 aliphatic rings. The predicted molar refractivity (Wildman–Crippen MR) is 54.6 cm³/mol. The summed E-state index contributed by atoms with van der Waals surface area (Å²) in [5.41, 5.74) is 0.523. The highest BCUT2D eigenvalue weighted by atomic mass is 16.6. The van der Waals surface area contributed by atoms with Gasteiger partial charge in [0.25, 0.3) is 0 Å². The summed E-state index contributed by atoms with van der Waals surface area (Å²) >= 11 is 0. The summed E-state index contributed by atoms with van der Waals surface area (Å²) in [6.45, 7) is 8.19. The van der Waals surface area contributed by atoms with E-state index < -0.39 is 0 Å². The summed E-state index contributed by atoms with van der Waals surface area (Å²) in [6.07, 6.45) is 6.32. The van der Waals surface area contributed by atoms with Crippen LogP contribution in [0.5, 0.6) is 0 Å². The number of hydrogen-bond donors (Lipinski definition) is 0. The Morgan fingerprint density at radius 2 is 1.54 bits per heavy atom. The van der Waals surface area contributed by atoms with Crippen LogP contribution in [0.25, 0.3) is 0 Å². The minimum atomic E-state index is 0.523. The van der Waals surface area contributed by atoms with E-state index in [1.165, 1.54) is 25.7 Å². The minimum absolute atomic E-state index is 0.523. The van der Waals surface area contributed by atoms with Gasteiger partial charge >= 0.3 is 0 Å². The Morgan fingerprint density at radius 1 is 1.00 bits per heavy atom. The van der Waals surface area contributed by atoms with Crippen LogP contribution in [0.15, 0.2) is 0 Å². The first kappa shape index (κ1) is 9.51. The van der Waals surface area contributed by atoms with Crippen molar-refractivity contribution < 1.29 is 4.74 Å². The third kappa shape index (κ3) is 2.25. The van der Waals surface area contributed by atoms with Gasteiger partial charge < -0.3 is 4.74 Å². The van der Waals surface area contributed by atoms with E-state index in [4.69, 9.17) is 4.74 Å². The van der Waals surface area contributed by atoms with E-state index in [1.54, 1.807) is 0 Å². The lowest BCUT2D eigenvalue weighted by Crippen LogP contribution is -2.27. The van der Waals surface area contributed by atoms with Gasteiger partial charge in [-0.3, -0.25) is 0 Å². The fraction of sp³-hybridized carbons (Fsp3) is 1.00. The first-order valence-corrected chi connectivity index (χ1v) is 5.69. The molecule has 0 aromatic rings. The van der Waals surface area contributed by atoms with Crippen molar-refractivity contribution in [1.29, 1.82) is 0 Å². The number of hydrogen-bond acceptors (Lipinski definition) is 1. The molecule has 0 N–H and O–H groups in total. The average molecular weight is 182 g/mol. The molecule has 0 amide bonds. The van der Waals surface area contributed by atoms with Crippen molar-refractivity contribution in [2.75, 3.05) is 6.61 Å². The van der Waals surface area contributed by atoms with Crippen molar-refractivity contribution >= 4 is 0 Å². The normalized spacial score (nSPS) is 40.4. The van der Waals surface area contributed by atoms with Crippen LogP contribution in [0.3, 0.4) is 0 Å². The number of epoxide rings is 1. The molecule has 1 unspecified atom stereocenters. The second kappa shape index (κ2) is 3.27. The van der Waals surface area contributed by atoms with Crippen LogP contribution in [0.4, 0.5) is 0 Å². The molecule has 1 heteroatoms. The van der Waals surface area contributed by atoms with Crippen molar-refractivity contribution in [3.05, 3.63) is 0 Å². The molecule has 1 aliphatic heterocycles. The fourth-order valence-corrected chi connectivity index (χ4v) is 2.68. The summed E-state index contributed by atoms with van der Waals surface area (Å²) in [5.74, 6) is 1.85. The maximum Gasteiger partial charge on any atom is 0.0838 e. The van der Waals surface area contributed by atoms with Crippen LogP contribution in [0.2, 0.25) is 0 Å². The smallest absolute Gasteiger partial charge is 0.0838 e. The molecule has 13 heavy (non-hydrogen) atoms. The zero-order chi connectivity index (χ0) is 9.47. The van der Waals surface area contributed by atoms with Crippen molar-refractivity contribution in [1.82, 2.24) is 0 Å². The van der Waals surface area contributed by atoms with Crippen LogP contribution < -0.4 is 0 Å². The van der Waals surface area contributed by atoms with Crippen LogP contribution in [-0.4, -0.2) is 12.7 Å². The lowest BCUT2D eigenvalue weighted by molar-refractivity contribution is 0.136. The Labute approximate surface area is 81.9 Å². The average Bonchev–Trinajstić information content (AvgIpc) is 2.85. The third-order valence-electron chi connectivity index (χ3n) is 3.88. The first-order chi connectivity index (χ1) is 6.07. The predicted octanol–water partition coefficient (Wildman–Crippen LogP) is 3.24. The van der Waals surface area contributed by atoms with E-state index in [9.17, 15) is 0 Å². The molecule has 0 aromatic heterocycles. The maximum atomic E-state index is 5.37. The Bertz CT molecular complexity index is 168. The van der Waals surface area contributed by atoms with E-state index in [2.05, 4.69) is 20.8 Å². The molecule has 0 spiro atoms. The van der Waals surface area contributed by atoms with Gasteiger partial charge in [-0.2, -0.15) is 0 Å². The molecular formula is C12H22O. The van der Waals surface area contributed by atoms with Crippen LogP contribution in [-0.2, 0) is 4.74 Å². The van der Waals surface area contributed by atoms with Gasteiger partial charge in [-0.25, -0.2) is 0 Å². The first-order valence-electron chi connectivity index (χ1n) is 5.69. The molecule has 2 rings (SSSR count). The monoisotopic (exact) mass is 182 g/mol. The van der Waals surface area contributed by atoms with Gasteiger partial charge in [-0.15, -0.1) is 0 Å². The Balaban J connectivity index is 1.81. The lowest BCUT2D eigenvalue weighted by atomic mass is 9.69. The van der Waals surface area contributed by atoms with Gasteiger partial charge in [0.1, 0.15) is 0 Å². The highest BCUT2D eigenvalue weighted by Crippen LogP contribution is 2.42. The van der Waals surface area contributed by atoms with Crippen LogP contribution >= 0.6 is 0 Å². The van der Waals surface area contributed by atoms with Gasteiger partial charge in [0, 0.05) is 0 Å². The van der Waals surface area contributed by atoms with Crippen LogP contribution in [0.1, 0.15) is 46.5 Å². The van der Waals surface area contributed by atoms with Gasteiger partial charge in [-0.1, -0.05) is 20.8 Å². The molecule has 2 fully saturated rings. The summed E-state index contributed by atoms with van der Waals surface area (Å²) in [4.78, 5) is 0. The molecule has 1 saturated heterocycles. The summed E-state index contributed by atoms with van der Waals surface area (Å²) in [6, 6.07) is 0. The maximum absolute atomic E-state index is 5.37. The molecule has 1 nitrogen and oxygen atoms in total.